The van der Waals surface area contributed by atoms with Crippen LogP contribution in [0.4, 0.5) is 13.2 Å². The summed E-state index contributed by atoms with van der Waals surface area (Å²) in [5.41, 5.74) is -0.761. The SMILES string of the molecule is CC(C)(C)[Si](C)(C)Oc1c(Br)cc(Br)cc1C(F)(F)F. The van der Waals surface area contributed by atoms with Gasteiger partial charge in [-0.05, 0) is 46.2 Å². The van der Waals surface area contributed by atoms with E-state index in [1.54, 1.807) is 6.07 Å². The molecule has 0 fully saturated rings. The van der Waals surface area contributed by atoms with Gasteiger partial charge in [0.2, 0.25) is 0 Å². The molecule has 0 aliphatic rings. The Kier molecular flexibility index (Phi) is 5.09. The average molecular weight is 434 g/mol. The van der Waals surface area contributed by atoms with Gasteiger partial charge in [0.15, 0.2) is 0 Å². The summed E-state index contributed by atoms with van der Waals surface area (Å²) >= 11 is 6.26. The van der Waals surface area contributed by atoms with Crippen LogP contribution in [0.2, 0.25) is 18.1 Å². The first-order valence-electron chi connectivity index (χ1n) is 6.01. The Labute approximate surface area is 135 Å². The van der Waals surface area contributed by atoms with Crippen LogP contribution in [0.1, 0.15) is 26.3 Å². The number of halogens is 5. The van der Waals surface area contributed by atoms with E-state index in [4.69, 9.17) is 4.43 Å². The fourth-order valence-electron chi connectivity index (χ4n) is 1.28. The van der Waals surface area contributed by atoms with Gasteiger partial charge in [-0.1, -0.05) is 36.7 Å². The highest BCUT2D eigenvalue weighted by Crippen LogP contribution is 2.46. The molecular formula is C13H17Br2F3OSi. The van der Waals surface area contributed by atoms with Crippen molar-refractivity contribution in [2.45, 2.75) is 45.1 Å². The molecule has 1 aromatic rings. The van der Waals surface area contributed by atoms with Crippen LogP contribution >= 0.6 is 31.9 Å². The van der Waals surface area contributed by atoms with Gasteiger partial charge in [-0.15, -0.1) is 0 Å². The summed E-state index contributed by atoms with van der Waals surface area (Å²) in [6.45, 7) is 9.79. The number of rotatable bonds is 2. The molecule has 20 heavy (non-hydrogen) atoms. The number of alkyl halides is 3. The second-order valence-electron chi connectivity index (χ2n) is 6.12. The van der Waals surface area contributed by atoms with Crippen molar-refractivity contribution in [3.8, 4) is 5.75 Å². The largest absolute Gasteiger partial charge is 0.542 e. The highest BCUT2D eigenvalue weighted by Gasteiger charge is 2.42. The fraction of sp³-hybridized carbons (Fsp3) is 0.538. The molecule has 7 heteroatoms. The van der Waals surface area contributed by atoms with Gasteiger partial charge >= 0.3 is 6.18 Å². The van der Waals surface area contributed by atoms with E-state index in [1.807, 2.05) is 33.9 Å². The Morgan fingerprint density at radius 3 is 1.95 bits per heavy atom. The smallest absolute Gasteiger partial charge is 0.419 e. The molecule has 1 rings (SSSR count). The Hall–Kier alpha value is -0.0131. The van der Waals surface area contributed by atoms with Gasteiger partial charge in [-0.2, -0.15) is 13.2 Å². The minimum atomic E-state index is -4.45. The summed E-state index contributed by atoms with van der Waals surface area (Å²) in [5.74, 6) is -0.118. The monoisotopic (exact) mass is 432 g/mol. The fourth-order valence-corrected chi connectivity index (χ4v) is 3.77. The van der Waals surface area contributed by atoms with E-state index in [0.29, 0.717) is 8.95 Å². The first-order chi connectivity index (χ1) is 8.75. The lowest BCUT2D eigenvalue weighted by Crippen LogP contribution is -2.44. The summed E-state index contributed by atoms with van der Waals surface area (Å²) in [6, 6.07) is 2.62. The molecule has 0 atom stereocenters. The summed E-state index contributed by atoms with van der Waals surface area (Å²) < 4.78 is 46.1. The van der Waals surface area contributed by atoms with Crippen molar-refractivity contribution in [3.63, 3.8) is 0 Å². The Balaban J connectivity index is 3.39. The molecule has 0 aromatic heterocycles. The Morgan fingerprint density at radius 1 is 1.05 bits per heavy atom. The van der Waals surface area contributed by atoms with Crippen LogP contribution in [0.5, 0.6) is 5.75 Å². The Bertz CT molecular complexity index is 508. The quantitative estimate of drug-likeness (QED) is 0.476. The molecule has 0 N–H and O–H groups in total. The predicted molar refractivity (Wildman–Crippen MR) is 84.7 cm³/mol. The molecule has 0 unspecified atom stereocenters. The topological polar surface area (TPSA) is 9.23 Å². The van der Waals surface area contributed by atoms with Crippen molar-refractivity contribution in [1.82, 2.24) is 0 Å². The van der Waals surface area contributed by atoms with Crippen LogP contribution in [0.25, 0.3) is 0 Å². The van der Waals surface area contributed by atoms with Crippen molar-refractivity contribution < 1.29 is 17.6 Å². The first-order valence-corrected chi connectivity index (χ1v) is 10.5. The first kappa shape index (κ1) is 18.0. The van der Waals surface area contributed by atoms with Crippen LogP contribution in [0.3, 0.4) is 0 Å². The van der Waals surface area contributed by atoms with Crippen molar-refractivity contribution in [1.29, 1.82) is 0 Å². The van der Waals surface area contributed by atoms with Crippen molar-refractivity contribution in [3.05, 3.63) is 26.6 Å². The van der Waals surface area contributed by atoms with Crippen molar-refractivity contribution in [2.24, 2.45) is 0 Å². The lowest BCUT2D eigenvalue weighted by molar-refractivity contribution is -0.138. The summed E-state index contributed by atoms with van der Waals surface area (Å²) in [7, 11) is -2.35. The third kappa shape index (κ3) is 4.01. The molecule has 0 amide bonds. The van der Waals surface area contributed by atoms with Crippen LogP contribution in [-0.4, -0.2) is 8.32 Å². The van der Waals surface area contributed by atoms with Gasteiger partial charge in [0, 0.05) is 4.47 Å². The molecule has 0 aliphatic carbocycles. The van der Waals surface area contributed by atoms with Crippen LogP contribution < -0.4 is 4.43 Å². The highest BCUT2D eigenvalue weighted by molar-refractivity contribution is 9.11. The molecule has 0 bridgehead atoms. The lowest BCUT2D eigenvalue weighted by atomic mass is 10.2. The van der Waals surface area contributed by atoms with Crippen molar-refractivity contribution >= 4 is 40.2 Å². The van der Waals surface area contributed by atoms with E-state index in [0.717, 1.165) is 6.07 Å². The number of hydrogen-bond donors (Lipinski definition) is 0. The second-order valence-corrected chi connectivity index (χ2v) is 12.6. The second kappa shape index (κ2) is 5.65. The standard InChI is InChI=1S/C13H17Br2F3OSi/c1-12(2,3)20(4,5)19-11-9(13(16,17)18)6-8(14)7-10(11)15/h6-7H,1-5H3. The zero-order chi connectivity index (χ0) is 15.9. The van der Waals surface area contributed by atoms with E-state index in [-0.39, 0.29) is 10.8 Å². The van der Waals surface area contributed by atoms with Gasteiger partial charge in [0.05, 0.1) is 10.0 Å². The third-order valence-corrected chi connectivity index (χ3v) is 8.85. The zero-order valence-corrected chi connectivity index (χ0v) is 16.1. The van der Waals surface area contributed by atoms with E-state index in [9.17, 15) is 13.2 Å². The maximum atomic E-state index is 13.2. The molecule has 1 aromatic carbocycles. The molecule has 114 valence electrons. The summed E-state index contributed by atoms with van der Waals surface area (Å²) in [5, 5.41) is -0.178. The summed E-state index contributed by atoms with van der Waals surface area (Å²) in [4.78, 5) is 0. The molecule has 0 saturated carbocycles. The van der Waals surface area contributed by atoms with Crippen LogP contribution in [0.15, 0.2) is 21.1 Å². The molecular weight excluding hydrogens is 417 g/mol. The van der Waals surface area contributed by atoms with Crippen LogP contribution in [0, 0.1) is 0 Å². The van der Waals surface area contributed by atoms with Gasteiger partial charge in [-0.3, -0.25) is 0 Å². The number of hydrogen-bond acceptors (Lipinski definition) is 1. The average Bonchev–Trinajstić information content (AvgIpc) is 2.18. The molecule has 0 spiro atoms. The minimum Gasteiger partial charge on any atom is -0.542 e. The Morgan fingerprint density at radius 2 is 1.55 bits per heavy atom. The van der Waals surface area contributed by atoms with E-state index in [1.165, 1.54) is 0 Å². The third-order valence-electron chi connectivity index (χ3n) is 3.48. The number of benzene rings is 1. The highest BCUT2D eigenvalue weighted by atomic mass is 79.9. The lowest BCUT2D eigenvalue weighted by Gasteiger charge is -2.37. The minimum absolute atomic E-state index is 0.118. The summed E-state index contributed by atoms with van der Waals surface area (Å²) in [6.07, 6.45) is -4.45. The maximum Gasteiger partial charge on any atom is 0.419 e. The molecule has 0 heterocycles. The van der Waals surface area contributed by atoms with Gasteiger partial charge < -0.3 is 4.43 Å². The van der Waals surface area contributed by atoms with Gasteiger partial charge in [-0.25, -0.2) is 0 Å². The van der Waals surface area contributed by atoms with Crippen molar-refractivity contribution in [2.75, 3.05) is 0 Å². The molecule has 0 aliphatic heterocycles. The molecule has 0 saturated heterocycles. The maximum absolute atomic E-state index is 13.2. The van der Waals surface area contributed by atoms with Gasteiger partial charge in [0.1, 0.15) is 5.75 Å². The van der Waals surface area contributed by atoms with E-state index < -0.39 is 20.1 Å². The predicted octanol–water partition coefficient (Wildman–Crippen LogP) is 6.61. The molecule has 1 nitrogen and oxygen atoms in total. The van der Waals surface area contributed by atoms with Gasteiger partial charge in [0.25, 0.3) is 8.32 Å². The molecule has 0 radical (unpaired) electrons. The van der Waals surface area contributed by atoms with E-state index >= 15 is 0 Å². The van der Waals surface area contributed by atoms with E-state index in [2.05, 4.69) is 31.9 Å². The normalized spacial score (nSPS) is 13.5. The van der Waals surface area contributed by atoms with Crippen LogP contribution in [-0.2, 0) is 6.18 Å². The zero-order valence-electron chi connectivity index (χ0n) is 12.0.